The Kier molecular flexibility index (Phi) is 4.29. The number of hydrogen-bond acceptors (Lipinski definition) is 3. The van der Waals surface area contributed by atoms with Gasteiger partial charge in [-0.15, -0.1) is 0 Å². The van der Waals surface area contributed by atoms with Gasteiger partial charge in [-0.3, -0.25) is 0 Å². The lowest BCUT2D eigenvalue weighted by atomic mass is 9.48. The Balaban J connectivity index is 1.56. The van der Waals surface area contributed by atoms with Crippen LogP contribution in [0.1, 0.15) is 80.8 Å². The van der Waals surface area contributed by atoms with Crippen molar-refractivity contribution < 1.29 is 8.42 Å². The molecule has 0 aliphatic heterocycles. The van der Waals surface area contributed by atoms with Gasteiger partial charge in [0.25, 0.3) is 10.0 Å². The maximum Gasteiger partial charge on any atom is 0.283 e. The van der Waals surface area contributed by atoms with Crippen molar-refractivity contribution >= 4 is 10.0 Å². The number of nitrogens with zero attached hydrogens (tertiary/aromatic N) is 2. The minimum absolute atomic E-state index is 0.151. The third-order valence-electron chi connectivity index (χ3n) is 7.89. The fourth-order valence-electron chi connectivity index (χ4n) is 7.16. The minimum Gasteiger partial charge on any atom is -0.199 e. The third-order valence-corrected chi connectivity index (χ3v) is 9.57. The first kappa shape index (κ1) is 19.3. The van der Waals surface area contributed by atoms with Gasteiger partial charge in [-0.05, 0) is 99.2 Å². The monoisotopic (exact) mass is 412 g/mol. The summed E-state index contributed by atoms with van der Waals surface area (Å²) in [5.74, 6) is 2.85. The summed E-state index contributed by atoms with van der Waals surface area (Å²) in [7, 11) is -3.68. The second kappa shape index (κ2) is 6.44. The molecule has 0 amide bonds. The normalized spacial score (nSPS) is 31.0. The highest BCUT2D eigenvalue weighted by molar-refractivity contribution is 7.89. The van der Waals surface area contributed by atoms with E-state index < -0.39 is 10.0 Å². The van der Waals surface area contributed by atoms with Crippen molar-refractivity contribution in [1.82, 2.24) is 9.19 Å². The molecule has 5 heteroatoms. The van der Waals surface area contributed by atoms with Crippen molar-refractivity contribution in [3.63, 3.8) is 0 Å². The van der Waals surface area contributed by atoms with E-state index in [-0.39, 0.29) is 5.41 Å². The molecule has 156 valence electrons. The predicted octanol–water partition coefficient (Wildman–Crippen LogP) is 5.33. The number of hydrogen-bond donors (Lipinski definition) is 0. The molecule has 4 aliphatic rings. The number of aromatic nitrogens is 2. The van der Waals surface area contributed by atoms with Gasteiger partial charge in [-0.25, -0.2) is 0 Å². The summed E-state index contributed by atoms with van der Waals surface area (Å²) in [6, 6.07) is 7.30. The van der Waals surface area contributed by atoms with Crippen LogP contribution in [-0.2, 0) is 15.4 Å². The highest BCUT2D eigenvalue weighted by Gasteiger charge is 2.53. The Morgan fingerprint density at radius 2 is 1.48 bits per heavy atom. The topological polar surface area (TPSA) is 52.0 Å². The fraction of sp³-hybridized carbons (Fsp3) is 0.625. The SMILES string of the molecule is Cc1nn(S(=O)(=O)c2ccc(C(C)C)cc2)c(C)c1C12CC3CC(CC(C3)C1)C2. The Hall–Kier alpha value is -1.62. The summed E-state index contributed by atoms with van der Waals surface area (Å²) in [6.45, 7) is 8.20. The summed E-state index contributed by atoms with van der Waals surface area (Å²) in [5, 5.41) is 4.60. The molecule has 0 spiro atoms. The molecule has 1 aromatic heterocycles. The molecule has 6 rings (SSSR count). The molecule has 0 saturated heterocycles. The minimum atomic E-state index is -3.68. The van der Waals surface area contributed by atoms with Crippen LogP contribution in [0.3, 0.4) is 0 Å². The fourth-order valence-corrected chi connectivity index (χ4v) is 8.52. The number of rotatable bonds is 4. The van der Waals surface area contributed by atoms with Crippen LogP contribution in [0.5, 0.6) is 0 Å². The summed E-state index contributed by atoms with van der Waals surface area (Å²) in [5.41, 5.74) is 4.27. The van der Waals surface area contributed by atoms with Crippen LogP contribution in [-0.4, -0.2) is 17.6 Å². The van der Waals surface area contributed by atoms with Gasteiger partial charge in [-0.1, -0.05) is 26.0 Å². The maximum absolute atomic E-state index is 13.4. The zero-order valence-electron chi connectivity index (χ0n) is 18.0. The molecule has 29 heavy (non-hydrogen) atoms. The summed E-state index contributed by atoms with van der Waals surface area (Å²) < 4.78 is 28.2. The molecule has 4 fully saturated rings. The average Bonchev–Trinajstić information content (AvgIpc) is 2.96. The second-order valence-corrected chi connectivity index (χ2v) is 12.1. The van der Waals surface area contributed by atoms with Crippen molar-refractivity contribution in [2.75, 3.05) is 0 Å². The molecular formula is C24H32N2O2S. The van der Waals surface area contributed by atoms with E-state index in [1.54, 1.807) is 12.1 Å². The van der Waals surface area contributed by atoms with Crippen molar-refractivity contribution in [1.29, 1.82) is 0 Å². The highest BCUT2D eigenvalue weighted by atomic mass is 32.2. The second-order valence-electron chi connectivity index (χ2n) is 10.3. The lowest BCUT2D eigenvalue weighted by Gasteiger charge is -2.57. The zero-order valence-corrected chi connectivity index (χ0v) is 18.8. The molecule has 1 aromatic carbocycles. The molecule has 4 saturated carbocycles. The maximum atomic E-state index is 13.4. The van der Waals surface area contributed by atoms with Crippen LogP contribution in [0.15, 0.2) is 29.2 Å². The lowest BCUT2D eigenvalue weighted by Crippen LogP contribution is -2.49. The number of aryl methyl sites for hydroxylation is 1. The van der Waals surface area contributed by atoms with E-state index in [1.807, 2.05) is 26.0 Å². The van der Waals surface area contributed by atoms with Crippen molar-refractivity contribution in [3.05, 3.63) is 46.8 Å². The van der Waals surface area contributed by atoms with Crippen molar-refractivity contribution in [2.45, 2.75) is 82.4 Å². The van der Waals surface area contributed by atoms with Crippen molar-refractivity contribution in [2.24, 2.45) is 17.8 Å². The van der Waals surface area contributed by atoms with Gasteiger partial charge in [-0.2, -0.15) is 17.6 Å². The first-order chi connectivity index (χ1) is 13.7. The van der Waals surface area contributed by atoms with Crippen LogP contribution in [0.2, 0.25) is 0 Å². The Bertz CT molecular complexity index is 1010. The van der Waals surface area contributed by atoms with E-state index >= 15 is 0 Å². The Morgan fingerprint density at radius 1 is 0.966 bits per heavy atom. The van der Waals surface area contributed by atoms with Gasteiger partial charge in [0.15, 0.2) is 0 Å². The van der Waals surface area contributed by atoms with Crippen LogP contribution in [0, 0.1) is 31.6 Å². The van der Waals surface area contributed by atoms with E-state index in [0.29, 0.717) is 10.8 Å². The molecule has 4 nitrogen and oxygen atoms in total. The van der Waals surface area contributed by atoms with E-state index in [9.17, 15) is 8.42 Å². The predicted molar refractivity (Wildman–Crippen MR) is 115 cm³/mol. The van der Waals surface area contributed by atoms with E-state index in [1.165, 1.54) is 48.2 Å². The summed E-state index contributed by atoms with van der Waals surface area (Å²) in [4.78, 5) is 0.324. The van der Waals surface area contributed by atoms with Crippen LogP contribution < -0.4 is 0 Å². The molecule has 0 atom stereocenters. The molecule has 0 N–H and O–H groups in total. The number of benzene rings is 1. The van der Waals surface area contributed by atoms with E-state index in [2.05, 4.69) is 18.9 Å². The van der Waals surface area contributed by atoms with E-state index in [0.717, 1.165) is 34.7 Å². The molecule has 0 unspecified atom stereocenters. The van der Waals surface area contributed by atoms with Crippen LogP contribution >= 0.6 is 0 Å². The van der Waals surface area contributed by atoms with Gasteiger partial charge in [0.2, 0.25) is 0 Å². The Labute approximate surface area is 174 Å². The van der Waals surface area contributed by atoms with Crippen LogP contribution in [0.4, 0.5) is 0 Å². The van der Waals surface area contributed by atoms with Crippen molar-refractivity contribution in [3.8, 4) is 0 Å². The van der Waals surface area contributed by atoms with Gasteiger partial charge in [0.1, 0.15) is 0 Å². The molecule has 2 aromatic rings. The first-order valence-corrected chi connectivity index (χ1v) is 12.6. The highest BCUT2D eigenvalue weighted by Crippen LogP contribution is 2.61. The molecule has 4 bridgehead atoms. The Morgan fingerprint density at radius 3 is 1.97 bits per heavy atom. The zero-order chi connectivity index (χ0) is 20.6. The quantitative estimate of drug-likeness (QED) is 0.682. The third kappa shape index (κ3) is 2.91. The summed E-state index contributed by atoms with van der Waals surface area (Å²) >= 11 is 0. The smallest absolute Gasteiger partial charge is 0.199 e. The first-order valence-electron chi connectivity index (χ1n) is 11.1. The van der Waals surface area contributed by atoms with Crippen LogP contribution in [0.25, 0.3) is 0 Å². The largest absolute Gasteiger partial charge is 0.283 e. The standard InChI is InChI=1S/C24H32N2O2S/c1-15(2)21-5-7-22(8-6-21)29(27,28)26-17(4)23(16(3)25-26)24-12-18-9-19(13-24)11-20(10-18)14-24/h5-8,15,18-20H,9-14H2,1-4H3. The van der Waals surface area contributed by atoms with Gasteiger partial charge in [0.05, 0.1) is 16.3 Å². The average molecular weight is 413 g/mol. The molecule has 1 heterocycles. The van der Waals surface area contributed by atoms with E-state index in [4.69, 9.17) is 0 Å². The lowest BCUT2D eigenvalue weighted by molar-refractivity contribution is -0.00574. The van der Waals surface area contributed by atoms with Gasteiger partial charge >= 0.3 is 0 Å². The summed E-state index contributed by atoms with van der Waals surface area (Å²) in [6.07, 6.45) is 7.80. The molecular weight excluding hydrogens is 380 g/mol. The molecule has 0 radical (unpaired) electrons. The van der Waals surface area contributed by atoms with Gasteiger partial charge in [0, 0.05) is 5.56 Å². The van der Waals surface area contributed by atoms with Gasteiger partial charge < -0.3 is 0 Å². The molecule has 4 aliphatic carbocycles.